The number of ether oxygens (including phenoxy) is 2. The zero-order valence-corrected chi connectivity index (χ0v) is 14.1. The van der Waals surface area contributed by atoms with Gasteiger partial charge < -0.3 is 15.2 Å². The largest absolute Gasteiger partial charge is 0.494 e. The Morgan fingerprint density at radius 3 is 2.57 bits per heavy atom. The quantitative estimate of drug-likeness (QED) is 0.756. The Morgan fingerprint density at radius 1 is 1.00 bits per heavy atom. The maximum atomic E-state index is 6.05. The lowest BCUT2D eigenvalue weighted by Gasteiger charge is -2.19. The average molecular weight is 313 g/mol. The fourth-order valence-electron chi connectivity index (χ4n) is 2.69. The van der Waals surface area contributed by atoms with Gasteiger partial charge in [0, 0.05) is 5.92 Å². The molecule has 3 nitrogen and oxygen atoms in total. The van der Waals surface area contributed by atoms with Gasteiger partial charge in [-0.1, -0.05) is 37.3 Å². The maximum Gasteiger partial charge on any atom is 0.122 e. The lowest BCUT2D eigenvalue weighted by atomic mass is 9.91. The van der Waals surface area contributed by atoms with Crippen LogP contribution in [-0.4, -0.2) is 19.8 Å². The fraction of sp³-hybridized carbons (Fsp3) is 0.400. The molecule has 0 aliphatic carbocycles. The molecular weight excluding hydrogens is 286 g/mol. The summed E-state index contributed by atoms with van der Waals surface area (Å²) in [5.41, 5.74) is 8.46. The lowest BCUT2D eigenvalue weighted by Crippen LogP contribution is -2.16. The lowest BCUT2D eigenvalue weighted by molar-refractivity contribution is 0.317. The number of hydrogen-bond donors (Lipinski definition) is 1. The molecular formula is C20H27NO2. The Balaban J connectivity index is 2.16. The van der Waals surface area contributed by atoms with Crippen molar-refractivity contribution in [2.75, 3.05) is 19.8 Å². The summed E-state index contributed by atoms with van der Waals surface area (Å²) in [5, 5.41) is 0. The Bertz CT molecular complexity index is 598. The van der Waals surface area contributed by atoms with Gasteiger partial charge in [-0.2, -0.15) is 0 Å². The van der Waals surface area contributed by atoms with Crippen LogP contribution in [0.2, 0.25) is 0 Å². The monoisotopic (exact) mass is 313 g/mol. The summed E-state index contributed by atoms with van der Waals surface area (Å²) in [6, 6.07) is 16.5. The third-order valence-electron chi connectivity index (χ3n) is 3.80. The Labute approximate surface area is 139 Å². The molecule has 0 heterocycles. The highest BCUT2D eigenvalue weighted by Crippen LogP contribution is 2.29. The van der Waals surface area contributed by atoms with E-state index >= 15 is 0 Å². The van der Waals surface area contributed by atoms with Gasteiger partial charge in [-0.25, -0.2) is 0 Å². The molecule has 0 radical (unpaired) electrons. The number of para-hydroxylation sites is 1. The molecule has 2 aromatic rings. The summed E-state index contributed by atoms with van der Waals surface area (Å²) in [6.45, 7) is 6.11. The molecule has 3 heteroatoms. The maximum absolute atomic E-state index is 6.05. The van der Waals surface area contributed by atoms with Crippen LogP contribution in [-0.2, 0) is 6.42 Å². The minimum Gasteiger partial charge on any atom is -0.494 e. The molecule has 0 aromatic heterocycles. The van der Waals surface area contributed by atoms with Crippen molar-refractivity contribution in [1.29, 1.82) is 0 Å². The van der Waals surface area contributed by atoms with Gasteiger partial charge in [-0.05, 0) is 55.6 Å². The van der Waals surface area contributed by atoms with E-state index in [1.165, 1.54) is 11.1 Å². The predicted molar refractivity (Wildman–Crippen MR) is 95.3 cm³/mol. The molecule has 124 valence electrons. The topological polar surface area (TPSA) is 44.5 Å². The van der Waals surface area contributed by atoms with Crippen LogP contribution in [0.1, 0.15) is 37.3 Å². The summed E-state index contributed by atoms with van der Waals surface area (Å²) in [4.78, 5) is 0. The first-order valence-corrected chi connectivity index (χ1v) is 8.42. The van der Waals surface area contributed by atoms with Crippen LogP contribution in [0.3, 0.4) is 0 Å². The number of benzene rings is 2. The first-order chi connectivity index (χ1) is 11.3. The van der Waals surface area contributed by atoms with Gasteiger partial charge >= 0.3 is 0 Å². The SMILES string of the molecule is CCCOc1cccc(CC(CN)c2ccccc2OCC)c1. The number of hydrogen-bond acceptors (Lipinski definition) is 3. The Hall–Kier alpha value is -2.00. The highest BCUT2D eigenvalue weighted by molar-refractivity contribution is 5.38. The van der Waals surface area contributed by atoms with Crippen molar-refractivity contribution >= 4 is 0 Å². The highest BCUT2D eigenvalue weighted by atomic mass is 16.5. The van der Waals surface area contributed by atoms with Gasteiger partial charge in [0.05, 0.1) is 13.2 Å². The molecule has 1 atom stereocenters. The van der Waals surface area contributed by atoms with E-state index in [-0.39, 0.29) is 5.92 Å². The van der Waals surface area contributed by atoms with E-state index in [0.29, 0.717) is 13.2 Å². The predicted octanol–water partition coefficient (Wildman–Crippen LogP) is 4.16. The third-order valence-corrected chi connectivity index (χ3v) is 3.80. The minimum absolute atomic E-state index is 0.235. The van der Waals surface area contributed by atoms with E-state index in [2.05, 4.69) is 25.1 Å². The van der Waals surface area contributed by atoms with Crippen molar-refractivity contribution in [2.24, 2.45) is 5.73 Å². The molecule has 0 saturated carbocycles. The summed E-state index contributed by atoms with van der Waals surface area (Å²) in [6.07, 6.45) is 1.89. The molecule has 1 unspecified atom stereocenters. The van der Waals surface area contributed by atoms with Crippen LogP contribution in [0.4, 0.5) is 0 Å². The second kappa shape index (κ2) is 9.21. The van der Waals surface area contributed by atoms with Crippen LogP contribution in [0.25, 0.3) is 0 Å². The summed E-state index contributed by atoms with van der Waals surface area (Å²) in [7, 11) is 0. The summed E-state index contributed by atoms with van der Waals surface area (Å²) in [5.74, 6) is 2.10. The molecule has 0 spiro atoms. The highest BCUT2D eigenvalue weighted by Gasteiger charge is 2.15. The van der Waals surface area contributed by atoms with Crippen LogP contribution in [0, 0.1) is 0 Å². The molecule has 0 amide bonds. The zero-order chi connectivity index (χ0) is 16.5. The molecule has 0 fully saturated rings. The van der Waals surface area contributed by atoms with Crippen molar-refractivity contribution in [3.63, 3.8) is 0 Å². The van der Waals surface area contributed by atoms with Crippen LogP contribution in [0.5, 0.6) is 11.5 Å². The fourth-order valence-corrected chi connectivity index (χ4v) is 2.69. The second-order valence-corrected chi connectivity index (χ2v) is 5.60. The van der Waals surface area contributed by atoms with Crippen molar-refractivity contribution < 1.29 is 9.47 Å². The van der Waals surface area contributed by atoms with Crippen molar-refractivity contribution in [1.82, 2.24) is 0 Å². The minimum atomic E-state index is 0.235. The molecule has 2 aromatic carbocycles. The molecule has 2 N–H and O–H groups in total. The number of rotatable bonds is 9. The van der Waals surface area contributed by atoms with E-state index in [1.807, 2.05) is 37.3 Å². The van der Waals surface area contributed by atoms with Crippen LogP contribution < -0.4 is 15.2 Å². The number of nitrogens with two attached hydrogens (primary N) is 1. The molecule has 0 saturated heterocycles. The van der Waals surface area contributed by atoms with E-state index < -0.39 is 0 Å². The first kappa shape index (κ1) is 17.4. The van der Waals surface area contributed by atoms with E-state index in [9.17, 15) is 0 Å². The Kier molecular flexibility index (Phi) is 6.95. The normalized spacial score (nSPS) is 12.0. The molecule has 23 heavy (non-hydrogen) atoms. The van der Waals surface area contributed by atoms with Crippen molar-refractivity contribution in [3.05, 3.63) is 59.7 Å². The van der Waals surface area contributed by atoms with Gasteiger partial charge in [-0.15, -0.1) is 0 Å². The molecule has 0 aliphatic rings. The van der Waals surface area contributed by atoms with E-state index in [0.717, 1.165) is 30.9 Å². The molecule has 0 aliphatic heterocycles. The Morgan fingerprint density at radius 2 is 1.83 bits per heavy atom. The first-order valence-electron chi connectivity index (χ1n) is 8.42. The van der Waals surface area contributed by atoms with Gasteiger partial charge in [0.25, 0.3) is 0 Å². The van der Waals surface area contributed by atoms with Crippen molar-refractivity contribution in [2.45, 2.75) is 32.6 Å². The van der Waals surface area contributed by atoms with E-state index in [1.54, 1.807) is 0 Å². The molecule has 0 bridgehead atoms. The second-order valence-electron chi connectivity index (χ2n) is 5.60. The standard InChI is InChI=1S/C20H27NO2/c1-3-12-23-18-9-7-8-16(14-18)13-17(15-21)19-10-5-6-11-20(19)22-4-2/h5-11,14,17H,3-4,12-13,15,21H2,1-2H3. The summed E-state index contributed by atoms with van der Waals surface area (Å²) < 4.78 is 11.5. The van der Waals surface area contributed by atoms with E-state index in [4.69, 9.17) is 15.2 Å². The average Bonchev–Trinajstić information content (AvgIpc) is 2.59. The smallest absolute Gasteiger partial charge is 0.122 e. The zero-order valence-electron chi connectivity index (χ0n) is 14.1. The van der Waals surface area contributed by atoms with Crippen LogP contribution >= 0.6 is 0 Å². The van der Waals surface area contributed by atoms with Gasteiger partial charge in [0.15, 0.2) is 0 Å². The van der Waals surface area contributed by atoms with Gasteiger partial charge in [0.1, 0.15) is 11.5 Å². The van der Waals surface area contributed by atoms with Crippen molar-refractivity contribution in [3.8, 4) is 11.5 Å². The summed E-state index contributed by atoms with van der Waals surface area (Å²) >= 11 is 0. The third kappa shape index (κ3) is 5.00. The molecule has 2 rings (SSSR count). The van der Waals surface area contributed by atoms with Gasteiger partial charge in [-0.3, -0.25) is 0 Å². The van der Waals surface area contributed by atoms with Gasteiger partial charge in [0.2, 0.25) is 0 Å². The van der Waals surface area contributed by atoms with Crippen LogP contribution in [0.15, 0.2) is 48.5 Å².